The molecule has 2 aromatic heterocycles. The minimum absolute atomic E-state index is 0.184. The van der Waals surface area contributed by atoms with Crippen molar-refractivity contribution in [1.82, 2.24) is 19.9 Å². The second kappa shape index (κ2) is 8.60. The van der Waals surface area contributed by atoms with E-state index in [0.29, 0.717) is 29.1 Å². The normalized spacial score (nSPS) is 10.9. The number of nitrogens with one attached hydrogen (secondary N) is 2. The largest absolute Gasteiger partial charge is 0.441 e. The molecule has 1 amide bonds. The Labute approximate surface area is 171 Å². The molecule has 152 valence electrons. The lowest BCUT2D eigenvalue weighted by atomic mass is 10.2. The lowest BCUT2D eigenvalue weighted by molar-refractivity contribution is -0.121. The number of aromatic nitrogens is 3. The highest BCUT2D eigenvalue weighted by Crippen LogP contribution is 2.20. The Morgan fingerprint density at radius 3 is 2.67 bits per heavy atom. The molecule has 0 fully saturated rings. The summed E-state index contributed by atoms with van der Waals surface area (Å²) in [5, 5.41) is 2.77. The van der Waals surface area contributed by atoms with Crippen LogP contribution < -0.4 is 16.4 Å². The fourth-order valence-electron chi connectivity index (χ4n) is 3.22. The van der Waals surface area contributed by atoms with Crippen molar-refractivity contribution in [3.05, 3.63) is 87.4 Å². The molecule has 0 aliphatic heterocycles. The molecule has 0 aliphatic carbocycles. The summed E-state index contributed by atoms with van der Waals surface area (Å²) in [6, 6.07) is 16.7. The average Bonchev–Trinajstić information content (AvgIpc) is 3.25. The van der Waals surface area contributed by atoms with Crippen molar-refractivity contribution in [1.29, 1.82) is 0 Å². The number of carbonyl (C=O) groups is 1. The van der Waals surface area contributed by atoms with Gasteiger partial charge >= 0.3 is 11.1 Å². The van der Waals surface area contributed by atoms with E-state index in [1.807, 2.05) is 30.3 Å². The first-order chi connectivity index (χ1) is 14.6. The van der Waals surface area contributed by atoms with Crippen LogP contribution in [0.25, 0.3) is 22.4 Å². The van der Waals surface area contributed by atoms with Crippen LogP contribution in [0.3, 0.4) is 0 Å². The van der Waals surface area contributed by atoms with E-state index < -0.39 is 11.1 Å². The van der Waals surface area contributed by atoms with E-state index in [2.05, 4.69) is 15.3 Å². The predicted octanol–water partition coefficient (Wildman–Crippen LogP) is 2.09. The molecule has 0 saturated carbocycles. The van der Waals surface area contributed by atoms with Crippen molar-refractivity contribution >= 4 is 16.9 Å². The molecule has 0 saturated heterocycles. The summed E-state index contributed by atoms with van der Waals surface area (Å²) in [6.45, 7) is 0.430. The summed E-state index contributed by atoms with van der Waals surface area (Å²) in [6.07, 6.45) is 2.22. The summed E-state index contributed by atoms with van der Waals surface area (Å²) in [4.78, 5) is 42.9. The molecular weight excluding hydrogens is 384 g/mol. The first kappa shape index (κ1) is 19.4. The Kier molecular flexibility index (Phi) is 5.56. The smallest absolute Gasteiger partial charge is 0.316 e. The second-order valence-electron chi connectivity index (χ2n) is 6.76. The molecular formula is C22H20N4O4. The Morgan fingerprint density at radius 2 is 1.83 bits per heavy atom. The van der Waals surface area contributed by atoms with Gasteiger partial charge in [-0.25, -0.2) is 4.98 Å². The fraction of sp³-hybridized carbons (Fsp3) is 0.182. The molecule has 4 aromatic rings. The van der Waals surface area contributed by atoms with Gasteiger partial charge in [-0.2, -0.15) is 0 Å². The molecule has 0 radical (unpaired) electrons. The summed E-state index contributed by atoms with van der Waals surface area (Å²) < 4.78 is 7.07. The third-order valence-electron chi connectivity index (χ3n) is 4.72. The highest BCUT2D eigenvalue weighted by molar-refractivity contribution is 5.76. The zero-order valence-electron chi connectivity index (χ0n) is 16.1. The van der Waals surface area contributed by atoms with E-state index in [0.717, 1.165) is 5.56 Å². The zero-order valence-corrected chi connectivity index (χ0v) is 16.1. The Morgan fingerprint density at radius 1 is 1.07 bits per heavy atom. The van der Waals surface area contributed by atoms with E-state index >= 15 is 0 Å². The Hall–Kier alpha value is -3.94. The number of H-pyrrole nitrogens is 1. The number of aryl methyl sites for hydroxylation is 1. The van der Waals surface area contributed by atoms with Gasteiger partial charge in [0.15, 0.2) is 11.7 Å². The van der Waals surface area contributed by atoms with E-state index in [-0.39, 0.29) is 25.4 Å². The van der Waals surface area contributed by atoms with E-state index in [4.69, 9.17) is 4.42 Å². The fourth-order valence-corrected chi connectivity index (χ4v) is 3.22. The quantitative estimate of drug-likeness (QED) is 0.459. The van der Waals surface area contributed by atoms with Crippen LogP contribution in [0.1, 0.15) is 12.3 Å². The molecule has 2 N–H and O–H groups in total. The van der Waals surface area contributed by atoms with Gasteiger partial charge in [-0.15, -0.1) is 0 Å². The maximum atomic E-state index is 12.2. The van der Waals surface area contributed by atoms with Crippen LogP contribution in [0.5, 0.6) is 0 Å². The van der Waals surface area contributed by atoms with E-state index in [1.165, 1.54) is 4.57 Å². The van der Waals surface area contributed by atoms with Gasteiger partial charge in [0.05, 0.1) is 17.2 Å². The van der Waals surface area contributed by atoms with Gasteiger partial charge in [0.2, 0.25) is 5.91 Å². The van der Waals surface area contributed by atoms with Crippen LogP contribution in [-0.4, -0.2) is 27.0 Å². The average molecular weight is 404 g/mol. The first-order valence-corrected chi connectivity index (χ1v) is 9.60. The summed E-state index contributed by atoms with van der Waals surface area (Å²) >= 11 is 0. The number of nitrogens with zero attached hydrogens (tertiary/aromatic N) is 2. The molecule has 0 atom stereocenters. The molecule has 4 rings (SSSR count). The number of carbonyl (C=O) groups excluding carboxylic acids is 1. The number of oxazole rings is 1. The highest BCUT2D eigenvalue weighted by Gasteiger charge is 2.10. The zero-order chi connectivity index (χ0) is 20.9. The monoisotopic (exact) mass is 404 g/mol. The van der Waals surface area contributed by atoms with Crippen LogP contribution in [0.4, 0.5) is 0 Å². The minimum Gasteiger partial charge on any atom is -0.441 e. The molecule has 8 heteroatoms. The first-order valence-electron chi connectivity index (χ1n) is 9.60. The number of hydrogen-bond donors (Lipinski definition) is 2. The standard InChI is InChI=1S/C22H20N4O4/c27-19(10-11-20-24-14-18(30-20)15-6-2-1-3-7-15)23-12-13-26-17-9-5-4-8-16(17)25-21(28)22(26)29/h1-9,14H,10-13H2,(H,23,27)(H,25,28). The van der Waals surface area contributed by atoms with E-state index in [9.17, 15) is 14.4 Å². The molecule has 0 aliphatic rings. The van der Waals surface area contributed by atoms with Crippen LogP contribution in [0.2, 0.25) is 0 Å². The van der Waals surface area contributed by atoms with Gasteiger partial charge in [-0.3, -0.25) is 14.4 Å². The van der Waals surface area contributed by atoms with Crippen molar-refractivity contribution < 1.29 is 9.21 Å². The summed E-state index contributed by atoms with van der Waals surface area (Å²) in [5.41, 5.74) is 0.793. The van der Waals surface area contributed by atoms with Gasteiger partial charge in [0.25, 0.3) is 0 Å². The summed E-state index contributed by atoms with van der Waals surface area (Å²) in [7, 11) is 0. The second-order valence-corrected chi connectivity index (χ2v) is 6.76. The number of hydrogen-bond acceptors (Lipinski definition) is 5. The van der Waals surface area contributed by atoms with E-state index in [1.54, 1.807) is 30.5 Å². The van der Waals surface area contributed by atoms with Gasteiger partial charge in [0.1, 0.15) is 0 Å². The Bertz CT molecular complexity index is 1290. The topological polar surface area (TPSA) is 110 Å². The third kappa shape index (κ3) is 4.22. The predicted molar refractivity (Wildman–Crippen MR) is 112 cm³/mol. The van der Waals surface area contributed by atoms with Crippen LogP contribution in [0.15, 0.2) is 74.8 Å². The number of para-hydroxylation sites is 2. The summed E-state index contributed by atoms with van der Waals surface area (Å²) in [5.74, 6) is 0.962. The van der Waals surface area contributed by atoms with Gasteiger partial charge in [-0.1, -0.05) is 42.5 Å². The van der Waals surface area contributed by atoms with Crippen molar-refractivity contribution in [2.75, 3.05) is 6.54 Å². The van der Waals surface area contributed by atoms with Gasteiger partial charge in [-0.05, 0) is 12.1 Å². The highest BCUT2D eigenvalue weighted by atomic mass is 16.4. The molecule has 0 spiro atoms. The number of rotatable bonds is 7. The van der Waals surface area contributed by atoms with Crippen molar-refractivity contribution in [3.63, 3.8) is 0 Å². The maximum absolute atomic E-state index is 12.2. The van der Waals surface area contributed by atoms with Gasteiger partial charge < -0.3 is 19.3 Å². The lowest BCUT2D eigenvalue weighted by Crippen LogP contribution is -2.39. The van der Waals surface area contributed by atoms with Crippen LogP contribution in [-0.2, 0) is 17.8 Å². The molecule has 0 bridgehead atoms. The SMILES string of the molecule is O=C(CCc1ncc(-c2ccccc2)o1)NCCn1c(=O)c(=O)[nH]c2ccccc21. The Balaban J connectivity index is 1.33. The molecule has 30 heavy (non-hydrogen) atoms. The van der Waals surface area contributed by atoms with Crippen molar-refractivity contribution in [2.45, 2.75) is 19.4 Å². The minimum atomic E-state index is -0.682. The van der Waals surface area contributed by atoms with Crippen molar-refractivity contribution in [2.24, 2.45) is 0 Å². The van der Waals surface area contributed by atoms with Crippen LogP contribution in [0, 0.1) is 0 Å². The maximum Gasteiger partial charge on any atom is 0.316 e. The number of fused-ring (bicyclic) bond motifs is 1. The molecule has 2 heterocycles. The lowest BCUT2D eigenvalue weighted by Gasteiger charge is -2.10. The van der Waals surface area contributed by atoms with Crippen LogP contribution >= 0.6 is 0 Å². The third-order valence-corrected chi connectivity index (χ3v) is 4.72. The number of benzene rings is 2. The van der Waals surface area contributed by atoms with Crippen molar-refractivity contribution in [3.8, 4) is 11.3 Å². The number of aromatic amines is 1. The molecule has 8 nitrogen and oxygen atoms in total. The van der Waals surface area contributed by atoms with Gasteiger partial charge in [0, 0.05) is 31.5 Å². The molecule has 2 aromatic carbocycles. The number of amides is 1. The molecule has 0 unspecified atom stereocenters.